The zero-order chi connectivity index (χ0) is 17.1. The smallest absolute Gasteiger partial charge is 0.234 e. The van der Waals surface area contributed by atoms with E-state index in [4.69, 9.17) is 0 Å². The van der Waals surface area contributed by atoms with Crippen molar-refractivity contribution in [3.63, 3.8) is 0 Å². The van der Waals surface area contributed by atoms with Crippen molar-refractivity contribution in [1.82, 2.24) is 24.9 Å². The maximum Gasteiger partial charge on any atom is 0.234 e. The van der Waals surface area contributed by atoms with Crippen LogP contribution in [0.2, 0.25) is 0 Å². The molecule has 2 aromatic rings. The third-order valence-electron chi connectivity index (χ3n) is 5.09. The largest absolute Gasteiger partial charge is 0.351 e. The second-order valence-corrected chi connectivity index (χ2v) is 7.11. The minimum absolute atomic E-state index is 0.144. The molecule has 6 nitrogen and oxygen atoms in total. The number of rotatable bonds is 6. The first-order valence-electron chi connectivity index (χ1n) is 9.03. The van der Waals surface area contributed by atoms with Crippen LogP contribution in [0.4, 0.5) is 0 Å². The molecule has 1 amide bonds. The van der Waals surface area contributed by atoms with Gasteiger partial charge in [-0.25, -0.2) is 0 Å². The van der Waals surface area contributed by atoms with Gasteiger partial charge in [0.25, 0.3) is 0 Å². The van der Waals surface area contributed by atoms with Gasteiger partial charge in [0.2, 0.25) is 5.91 Å². The van der Waals surface area contributed by atoms with Crippen molar-refractivity contribution in [1.29, 1.82) is 0 Å². The molecular formula is C19H25N5O. The van der Waals surface area contributed by atoms with Crippen molar-refractivity contribution < 1.29 is 4.79 Å². The molecule has 2 aliphatic heterocycles. The molecule has 1 aromatic heterocycles. The molecule has 1 N–H and O–H groups in total. The summed E-state index contributed by atoms with van der Waals surface area (Å²) in [4.78, 5) is 16.9. The van der Waals surface area contributed by atoms with E-state index in [1.807, 2.05) is 23.0 Å². The van der Waals surface area contributed by atoms with Crippen molar-refractivity contribution in [2.75, 3.05) is 32.7 Å². The molecule has 0 radical (unpaired) electrons. The molecule has 0 aliphatic carbocycles. The summed E-state index contributed by atoms with van der Waals surface area (Å²) in [5.74, 6) is 0.144. The van der Waals surface area contributed by atoms with E-state index in [2.05, 4.69) is 44.5 Å². The molecule has 1 aromatic carbocycles. The van der Waals surface area contributed by atoms with Gasteiger partial charge in [-0.15, -0.1) is 0 Å². The summed E-state index contributed by atoms with van der Waals surface area (Å²) in [7, 11) is 0. The molecular weight excluding hydrogens is 314 g/mol. The Labute approximate surface area is 148 Å². The highest BCUT2D eigenvalue weighted by atomic mass is 16.2. The predicted octanol–water partition coefficient (Wildman–Crippen LogP) is 1.13. The van der Waals surface area contributed by atoms with Gasteiger partial charge in [0.05, 0.1) is 12.6 Å². The van der Waals surface area contributed by atoms with Crippen LogP contribution in [-0.2, 0) is 11.3 Å². The molecule has 0 spiro atoms. The molecule has 2 saturated heterocycles. The van der Waals surface area contributed by atoms with E-state index in [1.54, 1.807) is 6.20 Å². The number of carbonyl (C=O) groups is 1. The lowest BCUT2D eigenvalue weighted by atomic mass is 10.1. The Bertz CT molecular complexity index is 681. The first-order chi connectivity index (χ1) is 12.3. The minimum Gasteiger partial charge on any atom is -0.351 e. The molecule has 0 unspecified atom stereocenters. The van der Waals surface area contributed by atoms with Crippen LogP contribution in [0.1, 0.15) is 18.0 Å². The third kappa shape index (κ3) is 4.08. The van der Waals surface area contributed by atoms with Crippen LogP contribution in [0.25, 0.3) is 0 Å². The van der Waals surface area contributed by atoms with E-state index in [0.717, 1.165) is 39.1 Å². The number of carbonyl (C=O) groups excluding carboxylic acids is 1. The fraction of sp³-hybridized carbons (Fsp3) is 0.474. The topological polar surface area (TPSA) is 53.4 Å². The highest BCUT2D eigenvalue weighted by Gasteiger charge is 2.31. The summed E-state index contributed by atoms with van der Waals surface area (Å²) in [6.45, 7) is 5.25. The van der Waals surface area contributed by atoms with Gasteiger partial charge in [-0.05, 0) is 18.1 Å². The summed E-state index contributed by atoms with van der Waals surface area (Å²) >= 11 is 0. The number of amides is 1. The normalized spacial score (nSPS) is 22.0. The van der Waals surface area contributed by atoms with Crippen LogP contribution in [0.5, 0.6) is 0 Å². The van der Waals surface area contributed by atoms with Gasteiger partial charge in [0.15, 0.2) is 0 Å². The van der Waals surface area contributed by atoms with Crippen molar-refractivity contribution in [2.45, 2.75) is 25.0 Å². The molecule has 6 heteroatoms. The SMILES string of the molecule is O=C(CN1CC(n2cccn2)C1)N[C@@H]1CCN(Cc2ccccc2)C1. The van der Waals surface area contributed by atoms with Gasteiger partial charge in [-0.3, -0.25) is 19.3 Å². The molecule has 0 bridgehead atoms. The van der Waals surface area contributed by atoms with Crippen LogP contribution in [0.15, 0.2) is 48.8 Å². The zero-order valence-corrected chi connectivity index (χ0v) is 14.4. The van der Waals surface area contributed by atoms with Gasteiger partial charge in [0, 0.05) is 51.2 Å². The van der Waals surface area contributed by atoms with Crippen LogP contribution in [-0.4, -0.2) is 64.3 Å². The second-order valence-electron chi connectivity index (χ2n) is 7.11. The average Bonchev–Trinajstić information content (AvgIpc) is 3.24. The Balaban J connectivity index is 1.17. The number of benzene rings is 1. The number of hydrogen-bond donors (Lipinski definition) is 1. The van der Waals surface area contributed by atoms with Gasteiger partial charge in [0.1, 0.15) is 0 Å². The Hall–Kier alpha value is -2.18. The monoisotopic (exact) mass is 339 g/mol. The molecule has 25 heavy (non-hydrogen) atoms. The highest BCUT2D eigenvalue weighted by molar-refractivity contribution is 5.78. The summed E-state index contributed by atoms with van der Waals surface area (Å²) < 4.78 is 1.98. The number of likely N-dealkylation sites (tertiary alicyclic amines) is 2. The minimum atomic E-state index is 0.144. The van der Waals surface area contributed by atoms with E-state index in [0.29, 0.717) is 12.6 Å². The molecule has 1 atom stereocenters. The maximum atomic E-state index is 12.3. The first kappa shape index (κ1) is 16.3. The molecule has 0 saturated carbocycles. The van der Waals surface area contributed by atoms with Crippen LogP contribution in [0.3, 0.4) is 0 Å². The second kappa shape index (κ2) is 7.37. The van der Waals surface area contributed by atoms with Crippen molar-refractivity contribution >= 4 is 5.91 Å². The number of nitrogens with zero attached hydrogens (tertiary/aromatic N) is 4. The number of nitrogens with one attached hydrogen (secondary N) is 1. The fourth-order valence-corrected chi connectivity index (χ4v) is 3.75. The number of aromatic nitrogens is 2. The summed E-state index contributed by atoms with van der Waals surface area (Å²) in [6.07, 6.45) is 4.83. The van der Waals surface area contributed by atoms with E-state index >= 15 is 0 Å². The van der Waals surface area contributed by atoms with Gasteiger partial charge in [-0.1, -0.05) is 30.3 Å². The van der Waals surface area contributed by atoms with Gasteiger partial charge < -0.3 is 5.32 Å². The summed E-state index contributed by atoms with van der Waals surface area (Å²) in [5.41, 5.74) is 1.33. The Morgan fingerprint density at radius 3 is 2.72 bits per heavy atom. The third-order valence-corrected chi connectivity index (χ3v) is 5.09. The quantitative estimate of drug-likeness (QED) is 0.857. The summed E-state index contributed by atoms with van der Waals surface area (Å²) in [5, 5.41) is 7.46. The van der Waals surface area contributed by atoms with Crippen molar-refractivity contribution in [2.24, 2.45) is 0 Å². The van der Waals surface area contributed by atoms with Crippen molar-refractivity contribution in [3.8, 4) is 0 Å². The van der Waals surface area contributed by atoms with E-state index in [-0.39, 0.29) is 11.9 Å². The molecule has 4 rings (SSSR count). The standard InChI is InChI=1S/C19H25N5O/c25-19(15-23-13-18(14-23)24-9-4-8-20-24)21-17-7-10-22(12-17)11-16-5-2-1-3-6-16/h1-6,8-9,17-18H,7,10-15H2,(H,21,25)/t17-/m1/s1. The van der Waals surface area contributed by atoms with E-state index in [9.17, 15) is 4.79 Å². The first-order valence-corrected chi connectivity index (χ1v) is 9.03. The molecule has 132 valence electrons. The zero-order valence-electron chi connectivity index (χ0n) is 14.4. The highest BCUT2D eigenvalue weighted by Crippen LogP contribution is 2.19. The lowest BCUT2D eigenvalue weighted by Gasteiger charge is -2.38. The fourth-order valence-electron chi connectivity index (χ4n) is 3.75. The average molecular weight is 339 g/mol. The Kier molecular flexibility index (Phi) is 4.81. The number of hydrogen-bond acceptors (Lipinski definition) is 4. The molecule has 2 aliphatic rings. The van der Waals surface area contributed by atoms with Gasteiger partial charge >= 0.3 is 0 Å². The lowest BCUT2D eigenvalue weighted by Crippen LogP contribution is -2.52. The van der Waals surface area contributed by atoms with E-state index in [1.165, 1.54) is 5.56 Å². The Morgan fingerprint density at radius 2 is 1.96 bits per heavy atom. The van der Waals surface area contributed by atoms with Crippen molar-refractivity contribution in [3.05, 3.63) is 54.4 Å². The Morgan fingerprint density at radius 1 is 1.12 bits per heavy atom. The van der Waals surface area contributed by atoms with Gasteiger partial charge in [-0.2, -0.15) is 5.10 Å². The van der Waals surface area contributed by atoms with Crippen LogP contribution >= 0.6 is 0 Å². The maximum absolute atomic E-state index is 12.3. The van der Waals surface area contributed by atoms with Crippen LogP contribution in [0, 0.1) is 0 Å². The molecule has 2 fully saturated rings. The van der Waals surface area contributed by atoms with E-state index < -0.39 is 0 Å². The van der Waals surface area contributed by atoms with Crippen LogP contribution < -0.4 is 5.32 Å². The summed E-state index contributed by atoms with van der Waals surface area (Å²) in [6, 6.07) is 13.1. The molecule has 3 heterocycles. The predicted molar refractivity (Wildman–Crippen MR) is 96.0 cm³/mol. The lowest BCUT2D eigenvalue weighted by molar-refractivity contribution is -0.124.